The van der Waals surface area contributed by atoms with Crippen molar-refractivity contribution in [3.63, 3.8) is 0 Å². The van der Waals surface area contributed by atoms with E-state index < -0.39 is 0 Å². The average molecular weight is 390 g/mol. The number of benzene rings is 1. The fourth-order valence-corrected chi connectivity index (χ4v) is 4.84. The van der Waals surface area contributed by atoms with Crippen molar-refractivity contribution in [3.8, 4) is 5.75 Å². The first-order valence-electron chi connectivity index (χ1n) is 10.3. The third-order valence-electron chi connectivity index (χ3n) is 6.42. The van der Waals surface area contributed by atoms with Gasteiger partial charge in [-0.15, -0.1) is 0 Å². The van der Waals surface area contributed by atoms with Crippen LogP contribution in [0.3, 0.4) is 0 Å². The Hall–Kier alpha value is -2.86. The van der Waals surface area contributed by atoms with Gasteiger partial charge in [0, 0.05) is 31.5 Å². The molecule has 2 fully saturated rings. The fourth-order valence-electron chi connectivity index (χ4n) is 4.84. The minimum atomic E-state index is 0.0352. The summed E-state index contributed by atoms with van der Waals surface area (Å²) < 4.78 is 8.04. The number of ether oxygens (including phenoxy) is 1. The SMILES string of the molecule is Cc1cccn2cc(COc3ccccc3C(=O)N3CC4CCC(N)C4C3)nc12. The Balaban J connectivity index is 1.33. The van der Waals surface area contributed by atoms with Crippen molar-refractivity contribution < 1.29 is 9.53 Å². The number of likely N-dealkylation sites (tertiary alicyclic amines) is 1. The molecule has 5 rings (SSSR count). The van der Waals surface area contributed by atoms with Gasteiger partial charge in [0.05, 0.1) is 11.3 Å². The lowest BCUT2D eigenvalue weighted by atomic mass is 9.98. The van der Waals surface area contributed by atoms with E-state index in [1.165, 1.54) is 0 Å². The molecule has 1 aliphatic heterocycles. The number of fused-ring (bicyclic) bond motifs is 2. The van der Waals surface area contributed by atoms with Crippen LogP contribution in [-0.2, 0) is 6.61 Å². The highest BCUT2D eigenvalue weighted by Crippen LogP contribution is 2.38. The lowest BCUT2D eigenvalue weighted by Crippen LogP contribution is -2.33. The van der Waals surface area contributed by atoms with Gasteiger partial charge < -0.3 is 19.8 Å². The second kappa shape index (κ2) is 7.19. The van der Waals surface area contributed by atoms with Crippen LogP contribution in [0.1, 0.15) is 34.5 Å². The molecule has 0 bridgehead atoms. The van der Waals surface area contributed by atoms with Crippen LogP contribution < -0.4 is 10.5 Å². The fraction of sp³-hybridized carbons (Fsp3) is 0.391. The molecule has 1 saturated heterocycles. The van der Waals surface area contributed by atoms with Crippen molar-refractivity contribution in [1.29, 1.82) is 0 Å². The molecule has 2 N–H and O–H groups in total. The van der Waals surface area contributed by atoms with Crippen molar-refractivity contribution in [2.75, 3.05) is 13.1 Å². The zero-order valence-corrected chi connectivity index (χ0v) is 16.6. The zero-order valence-electron chi connectivity index (χ0n) is 16.6. The van der Waals surface area contributed by atoms with Crippen LogP contribution in [0.5, 0.6) is 5.75 Å². The quantitative estimate of drug-likeness (QED) is 0.743. The number of hydrogen-bond donors (Lipinski definition) is 1. The summed E-state index contributed by atoms with van der Waals surface area (Å²) in [6.07, 6.45) is 6.15. The van der Waals surface area contributed by atoms with E-state index in [2.05, 4.69) is 4.98 Å². The van der Waals surface area contributed by atoms with E-state index in [0.717, 1.165) is 42.8 Å². The van der Waals surface area contributed by atoms with Crippen LogP contribution in [-0.4, -0.2) is 39.3 Å². The molecule has 1 saturated carbocycles. The van der Waals surface area contributed by atoms with E-state index in [9.17, 15) is 4.79 Å². The molecule has 3 heterocycles. The van der Waals surface area contributed by atoms with Crippen LogP contribution in [0.25, 0.3) is 5.65 Å². The third kappa shape index (κ3) is 3.27. The minimum absolute atomic E-state index is 0.0352. The molecule has 3 atom stereocenters. The summed E-state index contributed by atoms with van der Waals surface area (Å²) in [5.74, 6) is 1.62. The van der Waals surface area contributed by atoms with Gasteiger partial charge in [0.15, 0.2) is 0 Å². The summed E-state index contributed by atoms with van der Waals surface area (Å²) in [6.45, 7) is 3.92. The van der Waals surface area contributed by atoms with Crippen LogP contribution in [0.15, 0.2) is 48.8 Å². The van der Waals surface area contributed by atoms with Gasteiger partial charge in [-0.25, -0.2) is 4.98 Å². The number of carbonyl (C=O) groups is 1. The van der Waals surface area contributed by atoms with E-state index in [-0.39, 0.29) is 11.9 Å². The smallest absolute Gasteiger partial charge is 0.257 e. The largest absolute Gasteiger partial charge is 0.486 e. The Labute approximate surface area is 170 Å². The van der Waals surface area contributed by atoms with Gasteiger partial charge in [-0.3, -0.25) is 4.79 Å². The summed E-state index contributed by atoms with van der Waals surface area (Å²) in [7, 11) is 0. The van der Waals surface area contributed by atoms with Gasteiger partial charge in [0.2, 0.25) is 0 Å². The summed E-state index contributed by atoms with van der Waals surface area (Å²) in [5, 5.41) is 0. The number of carbonyl (C=O) groups excluding carboxylic acids is 1. The molecule has 0 spiro atoms. The standard InChI is InChI=1S/C23H26N4O2/c1-15-5-4-10-26-12-17(25-22(15)26)14-29-21-7-3-2-6-18(21)23(28)27-11-16-8-9-20(24)19(16)13-27/h2-7,10,12,16,19-20H,8-9,11,13-14,24H2,1H3. The Bertz CT molecular complexity index is 1060. The second-order valence-electron chi connectivity index (χ2n) is 8.31. The summed E-state index contributed by atoms with van der Waals surface area (Å²) >= 11 is 0. The van der Waals surface area contributed by atoms with Crippen LogP contribution in [0.4, 0.5) is 0 Å². The zero-order chi connectivity index (χ0) is 20.0. The van der Waals surface area contributed by atoms with E-state index in [0.29, 0.717) is 29.8 Å². The molecule has 3 unspecified atom stereocenters. The first kappa shape index (κ1) is 18.2. The van der Waals surface area contributed by atoms with Crippen molar-refractivity contribution in [1.82, 2.24) is 14.3 Å². The molecule has 1 aliphatic carbocycles. The number of aromatic nitrogens is 2. The number of rotatable bonds is 4. The maximum atomic E-state index is 13.2. The number of hydrogen-bond acceptors (Lipinski definition) is 4. The highest BCUT2D eigenvalue weighted by atomic mass is 16.5. The Morgan fingerprint density at radius 1 is 1.21 bits per heavy atom. The first-order valence-corrected chi connectivity index (χ1v) is 10.3. The molecule has 0 radical (unpaired) electrons. The van der Waals surface area contributed by atoms with Gasteiger partial charge in [-0.2, -0.15) is 0 Å². The minimum Gasteiger partial charge on any atom is -0.486 e. The highest BCUT2D eigenvalue weighted by molar-refractivity contribution is 5.97. The summed E-state index contributed by atoms with van der Waals surface area (Å²) in [5.41, 5.74) is 9.73. The predicted octanol–water partition coefficient (Wildman–Crippen LogP) is 3.03. The molecule has 2 aliphatic rings. The van der Waals surface area contributed by atoms with Crippen LogP contribution in [0, 0.1) is 18.8 Å². The predicted molar refractivity (Wildman–Crippen MR) is 111 cm³/mol. The molecule has 1 aromatic carbocycles. The van der Waals surface area contributed by atoms with E-state index in [1.807, 2.05) is 65.0 Å². The van der Waals surface area contributed by atoms with Crippen molar-refractivity contribution in [3.05, 3.63) is 65.6 Å². The Kier molecular flexibility index (Phi) is 4.51. The number of nitrogens with zero attached hydrogens (tertiary/aromatic N) is 3. The van der Waals surface area contributed by atoms with Crippen molar-refractivity contribution in [2.24, 2.45) is 17.6 Å². The maximum absolute atomic E-state index is 13.2. The maximum Gasteiger partial charge on any atom is 0.257 e. The van der Waals surface area contributed by atoms with Crippen molar-refractivity contribution in [2.45, 2.75) is 32.4 Å². The highest BCUT2D eigenvalue weighted by Gasteiger charge is 2.42. The topological polar surface area (TPSA) is 72.9 Å². The Morgan fingerprint density at radius 2 is 2.07 bits per heavy atom. The lowest BCUT2D eigenvalue weighted by molar-refractivity contribution is 0.0774. The molecule has 150 valence electrons. The molecular weight excluding hydrogens is 364 g/mol. The third-order valence-corrected chi connectivity index (χ3v) is 6.42. The summed E-state index contributed by atoms with van der Waals surface area (Å²) in [6, 6.07) is 11.8. The van der Waals surface area contributed by atoms with Gasteiger partial charge in [-0.05, 0) is 55.4 Å². The molecule has 6 nitrogen and oxygen atoms in total. The number of imidazole rings is 1. The van der Waals surface area contributed by atoms with Crippen LogP contribution >= 0.6 is 0 Å². The van der Waals surface area contributed by atoms with E-state index >= 15 is 0 Å². The lowest BCUT2D eigenvalue weighted by Gasteiger charge is -2.20. The molecule has 2 aromatic heterocycles. The molecule has 3 aromatic rings. The van der Waals surface area contributed by atoms with Crippen LogP contribution in [0.2, 0.25) is 0 Å². The monoisotopic (exact) mass is 390 g/mol. The second-order valence-corrected chi connectivity index (χ2v) is 8.31. The molecule has 6 heteroatoms. The van der Waals surface area contributed by atoms with Gasteiger partial charge >= 0.3 is 0 Å². The molecule has 1 amide bonds. The molecular formula is C23H26N4O2. The average Bonchev–Trinajstić information content (AvgIpc) is 3.42. The van der Waals surface area contributed by atoms with Gasteiger partial charge in [0.1, 0.15) is 18.0 Å². The number of amides is 1. The normalized spacial score (nSPS) is 23.5. The first-order chi connectivity index (χ1) is 14.1. The number of nitrogens with two attached hydrogens (primary N) is 1. The Morgan fingerprint density at radius 3 is 2.90 bits per heavy atom. The molecule has 29 heavy (non-hydrogen) atoms. The summed E-state index contributed by atoms with van der Waals surface area (Å²) in [4.78, 5) is 19.8. The van der Waals surface area contributed by atoms with E-state index in [1.54, 1.807) is 0 Å². The van der Waals surface area contributed by atoms with Gasteiger partial charge in [0.25, 0.3) is 5.91 Å². The number of para-hydroxylation sites is 1. The number of aryl methyl sites for hydroxylation is 1. The van der Waals surface area contributed by atoms with Crippen molar-refractivity contribution >= 4 is 11.6 Å². The van der Waals surface area contributed by atoms with Gasteiger partial charge in [-0.1, -0.05) is 18.2 Å². The number of pyridine rings is 1. The van der Waals surface area contributed by atoms with E-state index in [4.69, 9.17) is 10.5 Å².